The van der Waals surface area contributed by atoms with Gasteiger partial charge >= 0.3 is 0 Å². The molecule has 22 heavy (non-hydrogen) atoms. The third-order valence-electron chi connectivity index (χ3n) is 2.98. The van der Waals surface area contributed by atoms with Crippen LogP contribution in [0.4, 0.5) is 0 Å². The van der Waals surface area contributed by atoms with Gasteiger partial charge in [0.15, 0.2) is 0 Å². The Hall–Kier alpha value is -1.90. The monoisotopic (exact) mass is 340 g/mol. The minimum atomic E-state index is -3.87. The molecule has 6 nitrogen and oxygen atoms in total. The number of sulfonamides is 1. The van der Waals surface area contributed by atoms with Gasteiger partial charge in [-0.15, -0.1) is 11.3 Å². The summed E-state index contributed by atoms with van der Waals surface area (Å²) < 4.78 is 27.9. The van der Waals surface area contributed by atoms with Crippen LogP contribution in [0.2, 0.25) is 0 Å². The average molecular weight is 340 g/mol. The Morgan fingerprint density at radius 1 is 1.36 bits per heavy atom. The molecule has 0 saturated heterocycles. The molecule has 1 amide bonds. The first-order valence-electron chi connectivity index (χ1n) is 6.43. The second-order valence-electron chi connectivity index (χ2n) is 4.49. The first-order chi connectivity index (χ1) is 10.4. The summed E-state index contributed by atoms with van der Waals surface area (Å²) in [6, 6.07) is 7.86. The Morgan fingerprint density at radius 2 is 2.14 bits per heavy atom. The van der Waals surface area contributed by atoms with E-state index in [1.54, 1.807) is 11.3 Å². The first-order valence-corrected chi connectivity index (χ1v) is 8.86. The van der Waals surface area contributed by atoms with Crippen molar-refractivity contribution >= 4 is 27.3 Å². The molecule has 0 spiro atoms. The van der Waals surface area contributed by atoms with Gasteiger partial charge in [0.25, 0.3) is 5.91 Å². The molecule has 3 N–H and O–H groups in total. The van der Waals surface area contributed by atoms with Gasteiger partial charge in [-0.3, -0.25) is 4.79 Å². The maximum Gasteiger partial charge on any atom is 0.255 e. The highest BCUT2D eigenvalue weighted by Crippen LogP contribution is 2.21. The number of thiophene rings is 1. The van der Waals surface area contributed by atoms with E-state index in [0.717, 1.165) is 4.88 Å². The van der Waals surface area contributed by atoms with Crippen molar-refractivity contribution < 1.29 is 17.9 Å². The zero-order valence-corrected chi connectivity index (χ0v) is 13.5. The summed E-state index contributed by atoms with van der Waals surface area (Å²) in [5, 5.41) is 9.79. The molecule has 1 aromatic carbocycles. The lowest BCUT2D eigenvalue weighted by Gasteiger charge is -2.10. The number of nitrogens with two attached hydrogens (primary N) is 1. The number of nitrogens with one attached hydrogen (secondary N) is 1. The van der Waals surface area contributed by atoms with Crippen LogP contribution in [0.1, 0.15) is 15.2 Å². The zero-order valence-electron chi connectivity index (χ0n) is 11.9. The molecule has 0 aliphatic heterocycles. The topological polar surface area (TPSA) is 98.5 Å². The Balaban J connectivity index is 2.13. The largest absolute Gasteiger partial charge is 0.496 e. The third-order valence-corrected chi connectivity index (χ3v) is 4.83. The number of rotatable bonds is 6. The zero-order chi connectivity index (χ0) is 16.2. The fraction of sp³-hybridized carbons (Fsp3) is 0.214. The van der Waals surface area contributed by atoms with E-state index < -0.39 is 15.9 Å². The van der Waals surface area contributed by atoms with E-state index in [0.29, 0.717) is 18.7 Å². The van der Waals surface area contributed by atoms with Gasteiger partial charge in [0.05, 0.1) is 17.6 Å². The van der Waals surface area contributed by atoms with E-state index in [1.807, 2.05) is 17.5 Å². The predicted molar refractivity (Wildman–Crippen MR) is 84.7 cm³/mol. The standard InChI is InChI=1S/C14H16N2O4S2/c1-20-13-5-4-11(22(15,18)19)9-12(13)14(17)16-7-6-10-3-2-8-21-10/h2-5,8-9H,6-7H2,1H3,(H,16,17)(H2,15,18,19). The van der Waals surface area contributed by atoms with Crippen LogP contribution in [0.5, 0.6) is 5.75 Å². The normalized spacial score (nSPS) is 11.2. The summed E-state index contributed by atoms with van der Waals surface area (Å²) >= 11 is 1.61. The lowest BCUT2D eigenvalue weighted by Crippen LogP contribution is -2.26. The van der Waals surface area contributed by atoms with E-state index in [2.05, 4.69) is 5.32 Å². The molecule has 0 unspecified atom stereocenters. The third kappa shape index (κ3) is 4.06. The number of primary sulfonamides is 1. The van der Waals surface area contributed by atoms with Crippen molar-refractivity contribution in [2.45, 2.75) is 11.3 Å². The highest BCUT2D eigenvalue weighted by molar-refractivity contribution is 7.89. The molecule has 0 atom stereocenters. The molecule has 0 fully saturated rings. The van der Waals surface area contributed by atoms with Gasteiger partial charge < -0.3 is 10.1 Å². The minimum Gasteiger partial charge on any atom is -0.496 e. The number of hydrogen-bond donors (Lipinski definition) is 2. The molecular formula is C14H16N2O4S2. The number of amides is 1. The molecule has 0 bridgehead atoms. The lowest BCUT2D eigenvalue weighted by molar-refractivity contribution is 0.0951. The smallest absolute Gasteiger partial charge is 0.255 e. The van der Waals surface area contributed by atoms with E-state index in [1.165, 1.54) is 25.3 Å². The van der Waals surface area contributed by atoms with E-state index in [9.17, 15) is 13.2 Å². The van der Waals surface area contributed by atoms with Gasteiger partial charge in [-0.2, -0.15) is 0 Å². The highest BCUT2D eigenvalue weighted by Gasteiger charge is 2.17. The minimum absolute atomic E-state index is 0.128. The molecule has 0 saturated carbocycles. The van der Waals surface area contributed by atoms with Crippen LogP contribution in [0.25, 0.3) is 0 Å². The molecule has 0 aliphatic carbocycles. The van der Waals surface area contributed by atoms with Crippen molar-refractivity contribution in [2.24, 2.45) is 5.14 Å². The summed E-state index contributed by atoms with van der Waals surface area (Å²) in [6.45, 7) is 0.447. The van der Waals surface area contributed by atoms with Crippen LogP contribution in [0, 0.1) is 0 Å². The van der Waals surface area contributed by atoms with Crippen molar-refractivity contribution in [3.63, 3.8) is 0 Å². The summed E-state index contributed by atoms with van der Waals surface area (Å²) in [6.07, 6.45) is 0.709. The van der Waals surface area contributed by atoms with Crippen molar-refractivity contribution in [1.29, 1.82) is 0 Å². The molecule has 1 aromatic heterocycles. The summed E-state index contributed by atoms with van der Waals surface area (Å²) in [7, 11) is -2.46. The Kier molecular flexibility index (Phi) is 5.17. The maximum absolute atomic E-state index is 12.2. The van der Waals surface area contributed by atoms with E-state index >= 15 is 0 Å². The van der Waals surface area contributed by atoms with Gasteiger partial charge in [0.1, 0.15) is 5.75 Å². The van der Waals surface area contributed by atoms with Crippen molar-refractivity contribution in [3.05, 3.63) is 46.2 Å². The number of carbonyl (C=O) groups excluding carboxylic acids is 1. The van der Waals surface area contributed by atoms with Crippen LogP contribution < -0.4 is 15.2 Å². The van der Waals surface area contributed by atoms with Gasteiger partial charge in [-0.1, -0.05) is 6.07 Å². The second kappa shape index (κ2) is 6.91. The quantitative estimate of drug-likeness (QED) is 0.830. The van der Waals surface area contributed by atoms with Gasteiger partial charge in [-0.25, -0.2) is 13.6 Å². The molecule has 0 aliphatic rings. The van der Waals surface area contributed by atoms with Crippen LogP contribution in [0.3, 0.4) is 0 Å². The number of ether oxygens (including phenoxy) is 1. The van der Waals surface area contributed by atoms with E-state index in [-0.39, 0.29) is 10.5 Å². The molecule has 1 heterocycles. The van der Waals surface area contributed by atoms with Crippen molar-refractivity contribution in [3.8, 4) is 5.75 Å². The lowest BCUT2D eigenvalue weighted by atomic mass is 10.2. The average Bonchev–Trinajstić information content (AvgIpc) is 2.98. The van der Waals surface area contributed by atoms with E-state index in [4.69, 9.17) is 9.88 Å². The fourth-order valence-corrected chi connectivity index (χ4v) is 3.14. The van der Waals surface area contributed by atoms with Crippen molar-refractivity contribution in [2.75, 3.05) is 13.7 Å². The molecular weight excluding hydrogens is 324 g/mol. The number of carbonyl (C=O) groups is 1. The predicted octanol–water partition coefficient (Wildman–Crippen LogP) is 1.38. The molecule has 8 heteroatoms. The van der Waals surface area contributed by atoms with Gasteiger partial charge in [0.2, 0.25) is 10.0 Å². The molecule has 0 radical (unpaired) electrons. The molecule has 118 valence electrons. The van der Waals surface area contributed by atoms with Gasteiger partial charge in [0, 0.05) is 11.4 Å². The van der Waals surface area contributed by atoms with Crippen LogP contribution in [0.15, 0.2) is 40.6 Å². The molecule has 2 aromatic rings. The second-order valence-corrected chi connectivity index (χ2v) is 7.09. The number of methoxy groups -OCH3 is 1. The Bertz CT molecular complexity index is 755. The van der Waals surface area contributed by atoms with Gasteiger partial charge in [-0.05, 0) is 36.1 Å². The fourth-order valence-electron chi connectivity index (χ4n) is 1.89. The van der Waals surface area contributed by atoms with Crippen molar-refractivity contribution in [1.82, 2.24) is 5.32 Å². The maximum atomic E-state index is 12.2. The first kappa shape index (κ1) is 16.5. The summed E-state index contributed by atoms with van der Waals surface area (Å²) in [4.78, 5) is 13.2. The van der Waals surface area contributed by atoms with Crippen LogP contribution in [-0.4, -0.2) is 28.0 Å². The summed E-state index contributed by atoms with van der Waals surface area (Å²) in [5.41, 5.74) is 0.139. The Morgan fingerprint density at radius 3 is 2.73 bits per heavy atom. The number of benzene rings is 1. The van der Waals surface area contributed by atoms with Crippen LogP contribution in [-0.2, 0) is 16.4 Å². The summed E-state index contributed by atoms with van der Waals surface area (Å²) in [5.74, 6) is -0.111. The van der Waals surface area contributed by atoms with Crippen LogP contribution >= 0.6 is 11.3 Å². The SMILES string of the molecule is COc1ccc(S(N)(=O)=O)cc1C(=O)NCCc1cccs1. The number of hydrogen-bond acceptors (Lipinski definition) is 5. The molecule has 2 rings (SSSR count). The highest BCUT2D eigenvalue weighted by atomic mass is 32.2. The Labute approximate surface area is 133 Å².